The third kappa shape index (κ3) is 4.15. The summed E-state index contributed by atoms with van der Waals surface area (Å²) in [6.45, 7) is 6.56. The van der Waals surface area contributed by atoms with Crippen LogP contribution in [0.25, 0.3) is 10.4 Å². The summed E-state index contributed by atoms with van der Waals surface area (Å²) in [5.41, 5.74) is 8.85. The molecule has 0 bridgehead atoms. The van der Waals surface area contributed by atoms with Gasteiger partial charge in [-0.3, -0.25) is 9.59 Å². The Hall–Kier alpha value is -2.33. The lowest BCUT2D eigenvalue weighted by molar-refractivity contribution is 0.0859. The highest BCUT2D eigenvalue weighted by Gasteiger charge is 2.32. The number of azide groups is 1. The molecule has 1 aromatic carbocycles. The average molecular weight is 328 g/mol. The van der Waals surface area contributed by atoms with Gasteiger partial charge >= 0.3 is 0 Å². The molecule has 2 amide bonds. The van der Waals surface area contributed by atoms with Crippen LogP contribution in [0.5, 0.6) is 0 Å². The van der Waals surface area contributed by atoms with Gasteiger partial charge in [0.25, 0.3) is 5.91 Å². The van der Waals surface area contributed by atoms with E-state index in [1.807, 2.05) is 0 Å². The van der Waals surface area contributed by atoms with E-state index in [2.05, 4.69) is 36.1 Å². The van der Waals surface area contributed by atoms with Crippen LogP contribution < -0.4 is 5.32 Å². The summed E-state index contributed by atoms with van der Waals surface area (Å²) >= 11 is 0. The molecule has 6 nitrogen and oxygen atoms in total. The van der Waals surface area contributed by atoms with Crippen molar-refractivity contribution in [1.29, 1.82) is 0 Å². The Morgan fingerprint density at radius 2 is 1.92 bits per heavy atom. The molecule has 1 aliphatic rings. The van der Waals surface area contributed by atoms with Crippen LogP contribution in [-0.4, -0.2) is 17.9 Å². The first kappa shape index (κ1) is 18.0. The first-order valence-electron chi connectivity index (χ1n) is 8.43. The van der Waals surface area contributed by atoms with E-state index in [0.29, 0.717) is 17.8 Å². The van der Waals surface area contributed by atoms with Crippen LogP contribution in [0.15, 0.2) is 29.4 Å². The third-order valence-corrected chi connectivity index (χ3v) is 4.88. The number of nitrogens with zero attached hydrogens (tertiary/aromatic N) is 3. The fourth-order valence-corrected chi connectivity index (χ4v) is 3.58. The molecule has 3 atom stereocenters. The minimum Gasteiger partial charge on any atom is -0.349 e. The third-order valence-electron chi connectivity index (χ3n) is 4.88. The van der Waals surface area contributed by atoms with Crippen LogP contribution in [-0.2, 0) is 0 Å². The van der Waals surface area contributed by atoms with Crippen molar-refractivity contribution in [3.63, 3.8) is 0 Å². The van der Waals surface area contributed by atoms with Crippen molar-refractivity contribution in [2.75, 3.05) is 0 Å². The van der Waals surface area contributed by atoms with Gasteiger partial charge in [0.05, 0.1) is 5.56 Å². The van der Waals surface area contributed by atoms with E-state index in [-0.39, 0.29) is 23.1 Å². The Kier molecular flexibility index (Phi) is 5.99. The van der Waals surface area contributed by atoms with Gasteiger partial charge in [-0.2, -0.15) is 0 Å². The van der Waals surface area contributed by atoms with Crippen molar-refractivity contribution in [2.24, 2.45) is 22.9 Å². The summed E-state index contributed by atoms with van der Waals surface area (Å²) in [5.74, 6) is 0.482. The summed E-state index contributed by atoms with van der Waals surface area (Å²) < 4.78 is 0. The van der Waals surface area contributed by atoms with Gasteiger partial charge in [0.15, 0.2) is 0 Å². The number of amides is 2. The van der Waals surface area contributed by atoms with E-state index in [0.717, 1.165) is 12.8 Å². The molecule has 0 unspecified atom stereocenters. The van der Waals surface area contributed by atoms with E-state index in [1.54, 1.807) is 18.2 Å². The second kappa shape index (κ2) is 7.97. The van der Waals surface area contributed by atoms with E-state index in [4.69, 9.17) is 5.53 Å². The maximum Gasteiger partial charge on any atom is 0.252 e. The van der Waals surface area contributed by atoms with Crippen molar-refractivity contribution in [3.05, 3.63) is 45.8 Å². The molecular formula is C18H24N4O2. The van der Waals surface area contributed by atoms with Crippen molar-refractivity contribution in [1.82, 2.24) is 5.32 Å². The largest absolute Gasteiger partial charge is 0.349 e. The van der Waals surface area contributed by atoms with Gasteiger partial charge in [0.1, 0.15) is 0 Å². The van der Waals surface area contributed by atoms with Crippen LogP contribution in [0, 0.1) is 17.8 Å². The molecule has 1 fully saturated rings. The fraction of sp³-hybridized carbons (Fsp3) is 0.556. The molecule has 1 aromatic rings. The molecule has 0 spiro atoms. The summed E-state index contributed by atoms with van der Waals surface area (Å²) in [4.78, 5) is 27.1. The summed E-state index contributed by atoms with van der Waals surface area (Å²) in [5, 5.41) is 6.21. The summed E-state index contributed by atoms with van der Waals surface area (Å²) in [6, 6.07) is 6.55. The molecule has 1 N–H and O–H groups in total. The maximum atomic E-state index is 12.7. The molecule has 1 aliphatic carbocycles. The lowest BCUT2D eigenvalue weighted by Gasteiger charge is -2.37. The minimum absolute atomic E-state index is 0.101. The topological polar surface area (TPSA) is 94.9 Å². The Morgan fingerprint density at radius 1 is 1.25 bits per heavy atom. The van der Waals surface area contributed by atoms with E-state index in [9.17, 15) is 9.59 Å². The Labute approximate surface area is 142 Å². The Balaban J connectivity index is 2.22. The van der Waals surface area contributed by atoms with Gasteiger partial charge in [-0.1, -0.05) is 45.4 Å². The number of hydrogen-bond acceptors (Lipinski definition) is 2. The number of carbonyl (C=O) groups excluding carboxylic acids is 2. The molecule has 24 heavy (non-hydrogen) atoms. The molecular weight excluding hydrogens is 304 g/mol. The van der Waals surface area contributed by atoms with Crippen LogP contribution in [0.4, 0.5) is 0 Å². The zero-order valence-electron chi connectivity index (χ0n) is 14.4. The van der Waals surface area contributed by atoms with Crippen LogP contribution >= 0.6 is 0 Å². The van der Waals surface area contributed by atoms with Crippen molar-refractivity contribution >= 4 is 11.8 Å². The van der Waals surface area contributed by atoms with Crippen molar-refractivity contribution in [3.8, 4) is 0 Å². The number of rotatable bonds is 4. The van der Waals surface area contributed by atoms with E-state index >= 15 is 0 Å². The highest BCUT2D eigenvalue weighted by molar-refractivity contribution is 6.07. The fourth-order valence-electron chi connectivity index (χ4n) is 3.58. The van der Waals surface area contributed by atoms with Crippen LogP contribution in [0.2, 0.25) is 0 Å². The highest BCUT2D eigenvalue weighted by atomic mass is 16.2. The quantitative estimate of drug-likeness (QED) is 0.506. The second-order valence-corrected chi connectivity index (χ2v) is 6.95. The summed E-state index contributed by atoms with van der Waals surface area (Å²) in [7, 11) is 0. The summed E-state index contributed by atoms with van der Waals surface area (Å²) in [6.07, 6.45) is 3.23. The van der Waals surface area contributed by atoms with Gasteiger partial charge < -0.3 is 5.32 Å². The average Bonchev–Trinajstić information content (AvgIpc) is 2.54. The SMILES string of the molecule is CC(C)[C@@H]1CC[C@@H](C)C[C@@H]1NC(=O)c1ccccc1C(=O)N=[N+]=[N-]. The molecule has 2 rings (SSSR count). The van der Waals surface area contributed by atoms with Crippen LogP contribution in [0.1, 0.15) is 60.7 Å². The molecule has 1 saturated carbocycles. The molecule has 6 heteroatoms. The van der Waals surface area contributed by atoms with Gasteiger partial charge in [0, 0.05) is 16.5 Å². The number of carbonyl (C=O) groups is 2. The van der Waals surface area contributed by atoms with Gasteiger partial charge in [-0.05, 0) is 47.3 Å². The number of benzene rings is 1. The van der Waals surface area contributed by atoms with E-state index < -0.39 is 5.91 Å². The molecule has 0 heterocycles. The molecule has 128 valence electrons. The molecule has 0 aromatic heterocycles. The normalized spacial score (nSPS) is 23.4. The standard InChI is InChI=1S/C18H24N4O2/c1-11(2)13-9-8-12(3)10-16(13)20-17(23)14-6-4-5-7-15(14)18(24)21-22-19/h4-7,11-13,16H,8-10H2,1-3H3,(H,20,23)/t12-,13+,16+/m1/s1. The Bertz CT molecular complexity index is 665. The number of hydrogen-bond donors (Lipinski definition) is 1. The lowest BCUT2D eigenvalue weighted by Crippen LogP contribution is -2.45. The highest BCUT2D eigenvalue weighted by Crippen LogP contribution is 2.33. The predicted octanol–water partition coefficient (Wildman–Crippen LogP) is 4.33. The Morgan fingerprint density at radius 3 is 2.54 bits per heavy atom. The minimum atomic E-state index is -0.735. The molecule has 0 radical (unpaired) electrons. The maximum absolute atomic E-state index is 12.7. The zero-order chi connectivity index (χ0) is 17.7. The van der Waals surface area contributed by atoms with E-state index in [1.165, 1.54) is 12.5 Å². The first-order chi connectivity index (χ1) is 11.4. The molecule has 0 saturated heterocycles. The van der Waals surface area contributed by atoms with Crippen molar-refractivity contribution < 1.29 is 9.59 Å². The van der Waals surface area contributed by atoms with Gasteiger partial charge in [-0.25, -0.2) is 0 Å². The zero-order valence-corrected chi connectivity index (χ0v) is 14.4. The number of nitrogens with one attached hydrogen (secondary N) is 1. The first-order valence-corrected chi connectivity index (χ1v) is 8.43. The second-order valence-electron chi connectivity index (χ2n) is 6.95. The van der Waals surface area contributed by atoms with Crippen molar-refractivity contribution in [2.45, 2.75) is 46.1 Å². The molecule has 0 aliphatic heterocycles. The van der Waals surface area contributed by atoms with Crippen LogP contribution in [0.3, 0.4) is 0 Å². The van der Waals surface area contributed by atoms with Gasteiger partial charge in [-0.15, -0.1) is 0 Å². The lowest BCUT2D eigenvalue weighted by atomic mass is 9.74. The monoisotopic (exact) mass is 328 g/mol. The predicted molar refractivity (Wildman–Crippen MR) is 92.5 cm³/mol. The smallest absolute Gasteiger partial charge is 0.252 e. The van der Waals surface area contributed by atoms with Gasteiger partial charge in [0.2, 0.25) is 5.91 Å².